The number of rotatable bonds is 4. The number of carbonyl (C=O) groups excluding carboxylic acids is 1. The van der Waals surface area contributed by atoms with Crippen LogP contribution in [0.4, 0.5) is 28.9 Å². The molecule has 0 saturated heterocycles. The topological polar surface area (TPSA) is 85.4 Å². The molecule has 0 aliphatic heterocycles. The third kappa shape index (κ3) is 4.00. The number of hydrogen-bond acceptors (Lipinski definition) is 4. The summed E-state index contributed by atoms with van der Waals surface area (Å²) in [5.74, 6) is -2.13. The number of alkyl halides is 3. The van der Waals surface area contributed by atoms with Crippen molar-refractivity contribution in [3.63, 3.8) is 0 Å². The summed E-state index contributed by atoms with van der Waals surface area (Å²) in [6.45, 7) is 0. The molecule has 0 bridgehead atoms. The molecule has 0 unspecified atom stereocenters. The van der Waals surface area contributed by atoms with Crippen LogP contribution < -0.4 is 5.32 Å². The van der Waals surface area contributed by atoms with E-state index >= 15 is 0 Å². The molecule has 0 atom stereocenters. The van der Waals surface area contributed by atoms with Crippen molar-refractivity contribution in [2.45, 2.75) is 6.18 Å². The van der Waals surface area contributed by atoms with E-state index in [0.29, 0.717) is 0 Å². The highest BCUT2D eigenvalue weighted by Crippen LogP contribution is 2.32. The second-order valence-corrected chi connectivity index (χ2v) is 5.62. The standard InChI is InChI=1S/C18H10F4N2O4/c19-13-5-4-12(24(26)27)9-14(13)23-17(25)16-7-6-15(28-16)10-2-1-3-11(8-10)18(20,21)22/h1-9H,(H,23,25). The van der Waals surface area contributed by atoms with Gasteiger partial charge in [0.2, 0.25) is 0 Å². The van der Waals surface area contributed by atoms with E-state index in [2.05, 4.69) is 5.32 Å². The molecule has 0 spiro atoms. The molecule has 144 valence electrons. The zero-order valence-electron chi connectivity index (χ0n) is 13.8. The Morgan fingerprint density at radius 1 is 1.07 bits per heavy atom. The molecule has 1 N–H and O–H groups in total. The Bertz CT molecular complexity index is 1060. The molecule has 10 heteroatoms. The molecule has 2 aromatic carbocycles. The van der Waals surface area contributed by atoms with E-state index in [1.807, 2.05) is 0 Å². The van der Waals surface area contributed by atoms with Gasteiger partial charge in [-0.05, 0) is 30.3 Å². The number of furan rings is 1. The van der Waals surface area contributed by atoms with Crippen LogP contribution in [0, 0.1) is 15.9 Å². The summed E-state index contributed by atoms with van der Waals surface area (Å²) in [5, 5.41) is 12.9. The first-order valence-corrected chi connectivity index (χ1v) is 7.68. The fraction of sp³-hybridized carbons (Fsp3) is 0.0556. The van der Waals surface area contributed by atoms with Crippen molar-refractivity contribution in [2.75, 3.05) is 5.32 Å². The quantitative estimate of drug-likeness (QED) is 0.371. The van der Waals surface area contributed by atoms with Gasteiger partial charge in [0, 0.05) is 17.7 Å². The van der Waals surface area contributed by atoms with Gasteiger partial charge >= 0.3 is 6.18 Å². The van der Waals surface area contributed by atoms with Crippen LogP contribution in [-0.4, -0.2) is 10.8 Å². The van der Waals surface area contributed by atoms with Crippen molar-refractivity contribution >= 4 is 17.3 Å². The van der Waals surface area contributed by atoms with Crippen LogP contribution in [0.5, 0.6) is 0 Å². The SMILES string of the molecule is O=C(Nc1cc([N+](=O)[O-])ccc1F)c1ccc(-c2cccc(C(F)(F)F)c2)o1. The number of non-ortho nitro benzene ring substituents is 1. The Labute approximate surface area is 154 Å². The molecule has 0 aliphatic carbocycles. The lowest BCUT2D eigenvalue weighted by Crippen LogP contribution is -2.12. The van der Waals surface area contributed by atoms with Crippen molar-refractivity contribution in [1.29, 1.82) is 0 Å². The van der Waals surface area contributed by atoms with E-state index in [0.717, 1.165) is 30.3 Å². The number of nitro groups is 1. The van der Waals surface area contributed by atoms with Gasteiger partial charge in [-0.25, -0.2) is 4.39 Å². The Morgan fingerprint density at radius 3 is 2.50 bits per heavy atom. The number of nitro benzene ring substituents is 1. The molecule has 0 aliphatic rings. The molecule has 28 heavy (non-hydrogen) atoms. The van der Waals surface area contributed by atoms with E-state index in [9.17, 15) is 32.5 Å². The average Bonchev–Trinajstić information content (AvgIpc) is 3.13. The second kappa shape index (κ2) is 7.14. The zero-order chi connectivity index (χ0) is 20.5. The number of carbonyl (C=O) groups is 1. The molecule has 3 rings (SSSR count). The molecular weight excluding hydrogens is 384 g/mol. The number of nitrogens with one attached hydrogen (secondary N) is 1. The van der Waals surface area contributed by atoms with Gasteiger partial charge in [0.05, 0.1) is 16.2 Å². The van der Waals surface area contributed by atoms with Crippen LogP contribution in [0.2, 0.25) is 0 Å². The van der Waals surface area contributed by atoms with E-state index in [-0.39, 0.29) is 17.1 Å². The molecule has 0 saturated carbocycles. The van der Waals surface area contributed by atoms with Gasteiger partial charge in [-0.3, -0.25) is 14.9 Å². The maximum absolute atomic E-state index is 13.8. The monoisotopic (exact) mass is 394 g/mol. The number of nitrogens with zero attached hydrogens (tertiary/aromatic N) is 1. The largest absolute Gasteiger partial charge is 0.451 e. The van der Waals surface area contributed by atoms with Gasteiger partial charge < -0.3 is 9.73 Å². The first-order chi connectivity index (χ1) is 13.1. The van der Waals surface area contributed by atoms with Crippen molar-refractivity contribution in [3.8, 4) is 11.3 Å². The molecule has 3 aromatic rings. The Hall–Kier alpha value is -3.69. The summed E-state index contributed by atoms with van der Waals surface area (Å²) in [6, 6.07) is 9.40. The summed E-state index contributed by atoms with van der Waals surface area (Å²) < 4.78 is 57.4. The van der Waals surface area contributed by atoms with Crippen molar-refractivity contribution in [1.82, 2.24) is 0 Å². The van der Waals surface area contributed by atoms with Crippen LogP contribution in [0.1, 0.15) is 16.1 Å². The molecule has 1 heterocycles. The van der Waals surface area contributed by atoms with E-state index in [4.69, 9.17) is 4.42 Å². The van der Waals surface area contributed by atoms with Crippen LogP contribution in [0.25, 0.3) is 11.3 Å². The van der Waals surface area contributed by atoms with E-state index in [1.54, 1.807) is 0 Å². The van der Waals surface area contributed by atoms with Crippen LogP contribution in [-0.2, 0) is 6.18 Å². The lowest BCUT2D eigenvalue weighted by molar-refractivity contribution is -0.384. The first-order valence-electron chi connectivity index (χ1n) is 7.68. The lowest BCUT2D eigenvalue weighted by atomic mass is 10.1. The van der Waals surface area contributed by atoms with Gasteiger partial charge in [0.1, 0.15) is 11.6 Å². The minimum absolute atomic E-state index is 0.00392. The molecule has 1 amide bonds. The highest BCUT2D eigenvalue weighted by Gasteiger charge is 2.30. The van der Waals surface area contributed by atoms with E-state index < -0.39 is 39.8 Å². The van der Waals surface area contributed by atoms with Crippen molar-refractivity contribution in [3.05, 3.63) is 81.9 Å². The Balaban J connectivity index is 1.84. The number of amides is 1. The maximum Gasteiger partial charge on any atom is 0.416 e. The molecule has 6 nitrogen and oxygen atoms in total. The Morgan fingerprint density at radius 2 is 1.82 bits per heavy atom. The van der Waals surface area contributed by atoms with Crippen LogP contribution >= 0.6 is 0 Å². The number of halogens is 4. The predicted molar refractivity (Wildman–Crippen MR) is 90.2 cm³/mol. The molecular formula is C18H10F4N2O4. The average molecular weight is 394 g/mol. The summed E-state index contributed by atoms with van der Waals surface area (Å²) >= 11 is 0. The summed E-state index contributed by atoms with van der Waals surface area (Å²) in [4.78, 5) is 22.2. The Kier molecular flexibility index (Phi) is 4.87. The second-order valence-electron chi connectivity index (χ2n) is 5.62. The number of hydrogen-bond donors (Lipinski definition) is 1. The minimum Gasteiger partial charge on any atom is -0.451 e. The van der Waals surface area contributed by atoms with Crippen LogP contribution in [0.3, 0.4) is 0 Å². The lowest BCUT2D eigenvalue weighted by Gasteiger charge is -2.07. The fourth-order valence-corrected chi connectivity index (χ4v) is 2.37. The van der Waals surface area contributed by atoms with Gasteiger partial charge in [0.15, 0.2) is 5.76 Å². The summed E-state index contributed by atoms with van der Waals surface area (Å²) in [7, 11) is 0. The van der Waals surface area contributed by atoms with Gasteiger partial charge in [0.25, 0.3) is 11.6 Å². The van der Waals surface area contributed by atoms with Gasteiger partial charge in [-0.15, -0.1) is 0 Å². The smallest absolute Gasteiger partial charge is 0.416 e. The highest BCUT2D eigenvalue weighted by molar-refractivity contribution is 6.02. The predicted octanol–water partition coefficient (Wildman–Crippen LogP) is 5.27. The number of benzene rings is 2. The molecule has 0 fully saturated rings. The molecule has 0 radical (unpaired) electrons. The van der Waals surface area contributed by atoms with Gasteiger partial charge in [-0.1, -0.05) is 12.1 Å². The summed E-state index contributed by atoms with van der Waals surface area (Å²) in [5.41, 5.74) is -1.65. The zero-order valence-corrected chi connectivity index (χ0v) is 13.8. The van der Waals surface area contributed by atoms with E-state index in [1.165, 1.54) is 24.3 Å². The first kappa shape index (κ1) is 19.1. The normalized spacial score (nSPS) is 11.3. The molecule has 1 aromatic heterocycles. The minimum atomic E-state index is -4.54. The highest BCUT2D eigenvalue weighted by atomic mass is 19.4. The van der Waals surface area contributed by atoms with Crippen molar-refractivity contribution in [2.24, 2.45) is 0 Å². The van der Waals surface area contributed by atoms with Crippen LogP contribution in [0.15, 0.2) is 59.0 Å². The van der Waals surface area contributed by atoms with Gasteiger partial charge in [-0.2, -0.15) is 13.2 Å². The summed E-state index contributed by atoms with van der Waals surface area (Å²) in [6.07, 6.45) is -4.54. The third-order valence-corrected chi connectivity index (χ3v) is 3.71. The third-order valence-electron chi connectivity index (χ3n) is 3.71. The maximum atomic E-state index is 13.8. The fourth-order valence-electron chi connectivity index (χ4n) is 2.37. The van der Waals surface area contributed by atoms with Crippen molar-refractivity contribution < 1.29 is 31.7 Å². The number of anilines is 1.